The second-order valence-electron chi connectivity index (χ2n) is 6.84. The summed E-state index contributed by atoms with van der Waals surface area (Å²) in [5.74, 6) is 1.72. The van der Waals surface area contributed by atoms with Gasteiger partial charge in [-0.1, -0.05) is 20.8 Å². The SMILES string of the molecule is CC(C)(C)C1CCC2(C)OCCCC2C1. The highest BCUT2D eigenvalue weighted by Gasteiger charge is 2.44. The summed E-state index contributed by atoms with van der Waals surface area (Å²) in [6.07, 6.45) is 6.69. The molecule has 1 heteroatoms. The lowest BCUT2D eigenvalue weighted by Gasteiger charge is -2.50. The molecule has 0 aromatic rings. The minimum Gasteiger partial charge on any atom is -0.375 e. The molecular weight excluding hydrogens is 184 g/mol. The lowest BCUT2D eigenvalue weighted by Crippen LogP contribution is -2.47. The van der Waals surface area contributed by atoms with Gasteiger partial charge in [0.2, 0.25) is 0 Å². The largest absolute Gasteiger partial charge is 0.375 e. The molecule has 0 radical (unpaired) electrons. The van der Waals surface area contributed by atoms with Gasteiger partial charge in [0.1, 0.15) is 0 Å². The molecule has 1 saturated heterocycles. The van der Waals surface area contributed by atoms with Crippen molar-refractivity contribution in [1.29, 1.82) is 0 Å². The summed E-state index contributed by atoms with van der Waals surface area (Å²) in [6, 6.07) is 0. The van der Waals surface area contributed by atoms with Gasteiger partial charge in [-0.2, -0.15) is 0 Å². The molecule has 0 amide bonds. The zero-order valence-electron chi connectivity index (χ0n) is 10.8. The molecule has 3 unspecified atom stereocenters. The molecule has 2 aliphatic rings. The third-order valence-electron chi connectivity index (χ3n) is 4.78. The molecule has 0 N–H and O–H groups in total. The highest BCUT2D eigenvalue weighted by atomic mass is 16.5. The van der Waals surface area contributed by atoms with Crippen LogP contribution >= 0.6 is 0 Å². The van der Waals surface area contributed by atoms with Crippen molar-refractivity contribution in [2.24, 2.45) is 17.3 Å². The standard InChI is InChI=1S/C14H26O/c1-13(2,3)11-7-8-14(4)12(10-11)6-5-9-15-14/h11-12H,5-10H2,1-4H3. The Balaban J connectivity index is 2.05. The third-order valence-corrected chi connectivity index (χ3v) is 4.78. The van der Waals surface area contributed by atoms with E-state index in [1.54, 1.807) is 0 Å². The molecule has 3 atom stereocenters. The summed E-state index contributed by atoms with van der Waals surface area (Å²) < 4.78 is 6.03. The van der Waals surface area contributed by atoms with Crippen LogP contribution in [0.4, 0.5) is 0 Å². The van der Waals surface area contributed by atoms with E-state index in [0.717, 1.165) is 18.4 Å². The monoisotopic (exact) mass is 210 g/mol. The molecule has 0 bridgehead atoms. The van der Waals surface area contributed by atoms with E-state index in [0.29, 0.717) is 5.41 Å². The summed E-state index contributed by atoms with van der Waals surface area (Å²) in [6.45, 7) is 10.5. The third kappa shape index (κ3) is 2.22. The van der Waals surface area contributed by atoms with Gasteiger partial charge in [-0.25, -0.2) is 0 Å². The van der Waals surface area contributed by atoms with Crippen LogP contribution in [0.3, 0.4) is 0 Å². The molecule has 0 aromatic heterocycles. The smallest absolute Gasteiger partial charge is 0.0682 e. The van der Waals surface area contributed by atoms with Crippen LogP contribution in [0.2, 0.25) is 0 Å². The molecule has 15 heavy (non-hydrogen) atoms. The predicted molar refractivity (Wildman–Crippen MR) is 63.9 cm³/mol. The summed E-state index contributed by atoms with van der Waals surface area (Å²) in [4.78, 5) is 0. The van der Waals surface area contributed by atoms with Crippen molar-refractivity contribution in [2.75, 3.05) is 6.61 Å². The van der Waals surface area contributed by atoms with E-state index in [2.05, 4.69) is 27.7 Å². The van der Waals surface area contributed by atoms with Crippen molar-refractivity contribution in [3.63, 3.8) is 0 Å². The molecule has 0 spiro atoms. The van der Waals surface area contributed by atoms with Gasteiger partial charge in [0.25, 0.3) is 0 Å². The average Bonchev–Trinajstić information content (AvgIpc) is 2.14. The van der Waals surface area contributed by atoms with Crippen molar-refractivity contribution in [1.82, 2.24) is 0 Å². The maximum atomic E-state index is 6.03. The maximum absolute atomic E-state index is 6.03. The minimum absolute atomic E-state index is 0.222. The number of fused-ring (bicyclic) bond motifs is 1. The topological polar surface area (TPSA) is 9.23 Å². The normalized spacial score (nSPS) is 42.4. The molecule has 1 heterocycles. The Labute approximate surface area is 94.6 Å². The van der Waals surface area contributed by atoms with Crippen LogP contribution in [-0.2, 0) is 4.74 Å². The first kappa shape index (κ1) is 11.4. The summed E-state index contributed by atoms with van der Waals surface area (Å²) >= 11 is 0. The molecule has 1 saturated carbocycles. The van der Waals surface area contributed by atoms with Crippen LogP contribution in [0.15, 0.2) is 0 Å². The lowest BCUT2D eigenvalue weighted by atomic mass is 9.62. The van der Waals surface area contributed by atoms with E-state index in [9.17, 15) is 0 Å². The van der Waals surface area contributed by atoms with E-state index in [4.69, 9.17) is 4.74 Å². The first-order valence-corrected chi connectivity index (χ1v) is 6.56. The van der Waals surface area contributed by atoms with Gasteiger partial charge >= 0.3 is 0 Å². The summed E-state index contributed by atoms with van der Waals surface area (Å²) in [5, 5.41) is 0. The second kappa shape index (κ2) is 3.76. The van der Waals surface area contributed by atoms with Gasteiger partial charge < -0.3 is 4.74 Å². The van der Waals surface area contributed by atoms with Crippen molar-refractivity contribution < 1.29 is 4.74 Å². The van der Waals surface area contributed by atoms with Gasteiger partial charge in [-0.05, 0) is 56.3 Å². The first-order valence-electron chi connectivity index (χ1n) is 6.56. The Morgan fingerprint density at radius 2 is 1.93 bits per heavy atom. The molecule has 1 aliphatic carbocycles. The van der Waals surface area contributed by atoms with Crippen LogP contribution in [-0.4, -0.2) is 12.2 Å². The van der Waals surface area contributed by atoms with Crippen molar-refractivity contribution >= 4 is 0 Å². The fourth-order valence-electron chi connectivity index (χ4n) is 3.41. The van der Waals surface area contributed by atoms with Crippen LogP contribution in [0.25, 0.3) is 0 Å². The molecule has 0 aromatic carbocycles. The lowest BCUT2D eigenvalue weighted by molar-refractivity contribution is -0.142. The number of rotatable bonds is 0. The van der Waals surface area contributed by atoms with Crippen molar-refractivity contribution in [2.45, 2.75) is 65.4 Å². The van der Waals surface area contributed by atoms with Crippen molar-refractivity contribution in [3.8, 4) is 0 Å². The number of hydrogen-bond acceptors (Lipinski definition) is 1. The average molecular weight is 210 g/mol. The Kier molecular flexibility index (Phi) is 2.87. The van der Waals surface area contributed by atoms with Gasteiger partial charge in [0.05, 0.1) is 5.60 Å². The van der Waals surface area contributed by atoms with Crippen LogP contribution in [0.5, 0.6) is 0 Å². The van der Waals surface area contributed by atoms with E-state index < -0.39 is 0 Å². The minimum atomic E-state index is 0.222. The Morgan fingerprint density at radius 3 is 2.60 bits per heavy atom. The predicted octanol–water partition coefficient (Wildman–Crippen LogP) is 4.02. The van der Waals surface area contributed by atoms with Gasteiger partial charge in [-0.3, -0.25) is 0 Å². The van der Waals surface area contributed by atoms with Crippen LogP contribution < -0.4 is 0 Å². The van der Waals surface area contributed by atoms with E-state index in [1.807, 2.05) is 0 Å². The van der Waals surface area contributed by atoms with Crippen LogP contribution in [0.1, 0.15) is 59.8 Å². The maximum Gasteiger partial charge on any atom is 0.0682 e. The van der Waals surface area contributed by atoms with Crippen molar-refractivity contribution in [3.05, 3.63) is 0 Å². The second-order valence-corrected chi connectivity index (χ2v) is 6.84. The quantitative estimate of drug-likeness (QED) is 0.587. The molecule has 1 aliphatic heterocycles. The van der Waals surface area contributed by atoms with E-state index in [1.165, 1.54) is 32.1 Å². The van der Waals surface area contributed by atoms with E-state index >= 15 is 0 Å². The Bertz CT molecular complexity index is 228. The first-order chi connectivity index (χ1) is 6.92. The molecule has 2 fully saturated rings. The summed E-state index contributed by atoms with van der Waals surface area (Å²) in [7, 11) is 0. The Morgan fingerprint density at radius 1 is 1.20 bits per heavy atom. The van der Waals surface area contributed by atoms with Gasteiger partial charge in [-0.15, -0.1) is 0 Å². The molecule has 2 rings (SSSR count). The van der Waals surface area contributed by atoms with Gasteiger partial charge in [0.15, 0.2) is 0 Å². The summed E-state index contributed by atoms with van der Waals surface area (Å²) in [5.41, 5.74) is 0.707. The molecule has 88 valence electrons. The van der Waals surface area contributed by atoms with E-state index in [-0.39, 0.29) is 5.60 Å². The Hall–Kier alpha value is -0.0400. The fraction of sp³-hybridized carbons (Fsp3) is 1.00. The highest BCUT2D eigenvalue weighted by Crippen LogP contribution is 2.48. The molecular formula is C14H26O. The zero-order valence-corrected chi connectivity index (χ0v) is 10.8. The fourth-order valence-corrected chi connectivity index (χ4v) is 3.41. The zero-order chi connectivity index (χ0) is 11.1. The highest BCUT2D eigenvalue weighted by molar-refractivity contribution is 4.95. The van der Waals surface area contributed by atoms with Gasteiger partial charge in [0, 0.05) is 6.61 Å². The number of hydrogen-bond donors (Lipinski definition) is 0. The van der Waals surface area contributed by atoms with Crippen LogP contribution in [0, 0.1) is 17.3 Å². The molecule has 1 nitrogen and oxygen atoms in total. The number of ether oxygens (including phenoxy) is 1.